The summed E-state index contributed by atoms with van der Waals surface area (Å²) in [5, 5.41) is 7.51. The van der Waals surface area contributed by atoms with E-state index in [2.05, 4.69) is 14.9 Å². The van der Waals surface area contributed by atoms with Crippen LogP contribution in [-0.4, -0.2) is 18.6 Å². The van der Waals surface area contributed by atoms with Gasteiger partial charge in [0.2, 0.25) is 0 Å². The van der Waals surface area contributed by atoms with Crippen LogP contribution < -0.4 is 4.72 Å². The number of rotatable bonds is 3. The Hall–Kier alpha value is -2.41. The molecule has 0 spiro atoms. The van der Waals surface area contributed by atoms with Crippen LogP contribution >= 0.6 is 0 Å². The van der Waals surface area contributed by atoms with E-state index >= 15 is 0 Å². The van der Waals surface area contributed by atoms with Crippen molar-refractivity contribution in [2.45, 2.75) is 4.90 Å². The van der Waals surface area contributed by atoms with Gasteiger partial charge in [0.05, 0.1) is 22.3 Å². The van der Waals surface area contributed by atoms with Gasteiger partial charge in [-0.3, -0.25) is 9.82 Å². The maximum Gasteiger partial charge on any atom is 0.261 e. The van der Waals surface area contributed by atoms with Crippen LogP contribution in [-0.2, 0) is 10.0 Å². The second kappa shape index (κ2) is 4.61. The summed E-state index contributed by atoms with van der Waals surface area (Å²) in [6, 6.07) is 9.67. The average Bonchev–Trinajstić information content (AvgIpc) is 2.86. The Morgan fingerprint density at radius 3 is 2.60 bits per heavy atom. The lowest BCUT2D eigenvalue weighted by Gasteiger charge is -2.08. The van der Waals surface area contributed by atoms with Crippen LogP contribution in [0.4, 0.5) is 10.1 Å². The second-order valence-electron chi connectivity index (χ2n) is 4.23. The van der Waals surface area contributed by atoms with Crippen molar-refractivity contribution < 1.29 is 12.8 Å². The molecule has 3 aromatic rings. The minimum atomic E-state index is -3.73. The Kier molecular flexibility index (Phi) is 2.90. The van der Waals surface area contributed by atoms with E-state index in [9.17, 15) is 12.8 Å². The van der Waals surface area contributed by atoms with Crippen LogP contribution in [0.15, 0.2) is 53.6 Å². The fourth-order valence-corrected chi connectivity index (χ4v) is 2.88. The number of benzene rings is 2. The summed E-state index contributed by atoms with van der Waals surface area (Å²) in [5.74, 6) is -0.483. The molecule has 5 nitrogen and oxygen atoms in total. The fourth-order valence-electron chi connectivity index (χ4n) is 1.83. The number of anilines is 1. The van der Waals surface area contributed by atoms with Crippen LogP contribution in [0.3, 0.4) is 0 Å². The van der Waals surface area contributed by atoms with Gasteiger partial charge in [0.15, 0.2) is 0 Å². The number of hydrogen-bond donors (Lipinski definition) is 2. The van der Waals surface area contributed by atoms with E-state index in [0.717, 1.165) is 23.0 Å². The predicted octanol–water partition coefficient (Wildman–Crippen LogP) is 2.50. The van der Waals surface area contributed by atoms with Crippen molar-refractivity contribution in [3.8, 4) is 0 Å². The van der Waals surface area contributed by atoms with Gasteiger partial charge in [-0.2, -0.15) is 5.10 Å². The van der Waals surface area contributed by atoms with E-state index in [4.69, 9.17) is 0 Å². The average molecular weight is 291 g/mol. The lowest BCUT2D eigenvalue weighted by molar-refractivity contribution is 0.599. The van der Waals surface area contributed by atoms with Crippen LogP contribution in [0.25, 0.3) is 10.9 Å². The van der Waals surface area contributed by atoms with Gasteiger partial charge in [-0.25, -0.2) is 12.8 Å². The highest BCUT2D eigenvalue weighted by Crippen LogP contribution is 2.20. The Labute approximate surface area is 114 Å². The van der Waals surface area contributed by atoms with Gasteiger partial charge < -0.3 is 0 Å². The van der Waals surface area contributed by atoms with Gasteiger partial charge in [-0.1, -0.05) is 0 Å². The van der Waals surface area contributed by atoms with Gasteiger partial charge in [0.25, 0.3) is 10.0 Å². The molecule has 1 heterocycles. The number of H-pyrrole nitrogens is 1. The minimum absolute atomic E-state index is 0.00334. The summed E-state index contributed by atoms with van der Waals surface area (Å²) in [6.07, 6.45) is 1.65. The number of sulfonamides is 1. The molecular formula is C13H10FN3O2S. The van der Waals surface area contributed by atoms with Crippen LogP contribution in [0.2, 0.25) is 0 Å². The van der Waals surface area contributed by atoms with Gasteiger partial charge in [-0.15, -0.1) is 0 Å². The fraction of sp³-hybridized carbons (Fsp3) is 0. The summed E-state index contributed by atoms with van der Waals surface area (Å²) >= 11 is 0. The van der Waals surface area contributed by atoms with Gasteiger partial charge in [-0.05, 0) is 42.5 Å². The molecule has 7 heteroatoms. The molecule has 0 saturated heterocycles. The summed E-state index contributed by atoms with van der Waals surface area (Å²) in [7, 11) is -3.73. The molecule has 0 radical (unpaired) electrons. The third kappa shape index (κ3) is 2.35. The zero-order valence-electron chi connectivity index (χ0n) is 10.2. The number of halogens is 1. The normalized spacial score (nSPS) is 11.7. The molecular weight excluding hydrogens is 281 g/mol. The third-order valence-electron chi connectivity index (χ3n) is 2.82. The molecule has 0 amide bonds. The largest absolute Gasteiger partial charge is 0.280 e. The first-order chi connectivity index (χ1) is 9.54. The highest BCUT2D eigenvalue weighted by molar-refractivity contribution is 7.92. The monoisotopic (exact) mass is 291 g/mol. The van der Waals surface area contributed by atoms with Gasteiger partial charge >= 0.3 is 0 Å². The standard InChI is InChI=1S/C13H10FN3O2S/c14-10-2-5-12(6-3-10)20(18,19)17-11-4-1-9-8-15-16-13(9)7-11/h1-8,17H,(H,15,16). The molecule has 1 aromatic heterocycles. The lowest BCUT2D eigenvalue weighted by Crippen LogP contribution is -2.12. The van der Waals surface area contributed by atoms with Gasteiger partial charge in [0.1, 0.15) is 5.82 Å². The highest BCUT2D eigenvalue weighted by atomic mass is 32.2. The summed E-state index contributed by atoms with van der Waals surface area (Å²) in [6.45, 7) is 0. The molecule has 0 atom stereocenters. The SMILES string of the molecule is O=S(=O)(Nc1ccc2cn[nH]c2c1)c1ccc(F)cc1. The van der Waals surface area contributed by atoms with E-state index in [1.54, 1.807) is 24.4 Å². The van der Waals surface area contributed by atoms with E-state index in [-0.39, 0.29) is 4.90 Å². The van der Waals surface area contributed by atoms with Gasteiger partial charge in [0, 0.05) is 5.39 Å². The Morgan fingerprint density at radius 2 is 1.85 bits per heavy atom. The maximum absolute atomic E-state index is 12.8. The number of aromatic nitrogens is 2. The Balaban J connectivity index is 1.94. The van der Waals surface area contributed by atoms with Crippen molar-refractivity contribution >= 4 is 26.6 Å². The van der Waals surface area contributed by atoms with Crippen LogP contribution in [0.1, 0.15) is 0 Å². The molecule has 2 aromatic carbocycles. The zero-order chi connectivity index (χ0) is 14.2. The van der Waals surface area contributed by atoms with Crippen molar-refractivity contribution in [2.75, 3.05) is 4.72 Å². The molecule has 102 valence electrons. The van der Waals surface area contributed by atoms with E-state index in [0.29, 0.717) is 5.69 Å². The first kappa shape index (κ1) is 12.6. The number of hydrogen-bond acceptors (Lipinski definition) is 3. The molecule has 0 aliphatic carbocycles. The molecule has 0 saturated carbocycles. The number of nitrogens with one attached hydrogen (secondary N) is 2. The summed E-state index contributed by atoms with van der Waals surface area (Å²) in [5.41, 5.74) is 1.13. The molecule has 0 fully saturated rings. The predicted molar refractivity (Wildman–Crippen MR) is 73.3 cm³/mol. The smallest absolute Gasteiger partial charge is 0.261 e. The molecule has 20 heavy (non-hydrogen) atoms. The summed E-state index contributed by atoms with van der Waals surface area (Å²) in [4.78, 5) is 0.00334. The quantitative estimate of drug-likeness (QED) is 0.778. The molecule has 0 aliphatic heterocycles. The van der Waals surface area contributed by atoms with Crippen molar-refractivity contribution in [2.24, 2.45) is 0 Å². The number of nitrogens with zero attached hydrogens (tertiary/aromatic N) is 1. The molecule has 2 N–H and O–H groups in total. The Bertz CT molecular complexity index is 857. The lowest BCUT2D eigenvalue weighted by atomic mass is 10.2. The zero-order valence-corrected chi connectivity index (χ0v) is 11.0. The minimum Gasteiger partial charge on any atom is -0.280 e. The Morgan fingerprint density at radius 1 is 1.10 bits per heavy atom. The van der Waals surface area contributed by atoms with Crippen molar-refractivity contribution in [3.63, 3.8) is 0 Å². The highest BCUT2D eigenvalue weighted by Gasteiger charge is 2.14. The topological polar surface area (TPSA) is 74.8 Å². The molecule has 0 bridgehead atoms. The van der Waals surface area contributed by atoms with E-state index < -0.39 is 15.8 Å². The second-order valence-corrected chi connectivity index (χ2v) is 5.91. The summed E-state index contributed by atoms with van der Waals surface area (Å²) < 4.78 is 39.5. The third-order valence-corrected chi connectivity index (χ3v) is 4.22. The van der Waals surface area contributed by atoms with E-state index in [1.807, 2.05) is 0 Å². The number of aromatic amines is 1. The first-order valence-electron chi connectivity index (χ1n) is 5.76. The van der Waals surface area contributed by atoms with Crippen molar-refractivity contribution in [3.05, 3.63) is 54.5 Å². The molecule has 3 rings (SSSR count). The van der Waals surface area contributed by atoms with Crippen molar-refractivity contribution in [1.29, 1.82) is 0 Å². The molecule has 0 aliphatic rings. The van der Waals surface area contributed by atoms with Crippen molar-refractivity contribution in [1.82, 2.24) is 10.2 Å². The molecule has 0 unspecified atom stereocenters. The first-order valence-corrected chi connectivity index (χ1v) is 7.24. The van der Waals surface area contributed by atoms with Crippen LogP contribution in [0.5, 0.6) is 0 Å². The maximum atomic E-state index is 12.8. The van der Waals surface area contributed by atoms with Crippen LogP contribution in [0, 0.1) is 5.82 Å². The van der Waals surface area contributed by atoms with E-state index in [1.165, 1.54) is 12.1 Å². The number of fused-ring (bicyclic) bond motifs is 1.